The monoisotopic (exact) mass is 394 g/mol. The Labute approximate surface area is 170 Å². The maximum absolute atomic E-state index is 13.0. The van der Waals surface area contributed by atoms with Crippen molar-refractivity contribution in [3.05, 3.63) is 60.2 Å². The van der Waals surface area contributed by atoms with Crippen LogP contribution in [0.3, 0.4) is 0 Å². The van der Waals surface area contributed by atoms with Crippen molar-refractivity contribution in [2.75, 3.05) is 16.8 Å². The largest absolute Gasteiger partial charge is 0.452 e. The van der Waals surface area contributed by atoms with E-state index in [2.05, 4.69) is 5.32 Å². The van der Waals surface area contributed by atoms with Crippen LogP contribution in [0.5, 0.6) is 0 Å². The van der Waals surface area contributed by atoms with Crippen molar-refractivity contribution >= 4 is 29.2 Å². The fourth-order valence-corrected chi connectivity index (χ4v) is 3.54. The number of rotatable bonds is 6. The minimum absolute atomic E-state index is 0.0636. The molecule has 1 heterocycles. The third kappa shape index (κ3) is 4.47. The lowest BCUT2D eigenvalue weighted by Crippen LogP contribution is -2.47. The number of hydrogen-bond donors (Lipinski definition) is 1. The molecule has 0 saturated heterocycles. The number of nitrogens with one attached hydrogen (secondary N) is 1. The SMILES string of the molecule is CC[C@H](C)[C@@H](C(=O)O[C@@H](C)C(=O)N1CC(=O)Nc2ccccc21)c1ccccc1. The molecule has 0 aliphatic carbocycles. The van der Waals surface area contributed by atoms with E-state index in [1.54, 1.807) is 31.2 Å². The fourth-order valence-electron chi connectivity index (χ4n) is 3.54. The van der Waals surface area contributed by atoms with Gasteiger partial charge >= 0.3 is 5.97 Å². The number of ether oxygens (including phenoxy) is 1. The van der Waals surface area contributed by atoms with Gasteiger partial charge in [-0.3, -0.25) is 19.3 Å². The predicted octanol–water partition coefficient (Wildman–Crippen LogP) is 3.73. The van der Waals surface area contributed by atoms with Crippen LogP contribution in [-0.2, 0) is 19.1 Å². The number of amides is 2. The Hall–Kier alpha value is -3.15. The first-order valence-electron chi connectivity index (χ1n) is 9.88. The molecule has 6 nitrogen and oxygen atoms in total. The number of hydrogen-bond acceptors (Lipinski definition) is 4. The maximum Gasteiger partial charge on any atom is 0.314 e. The summed E-state index contributed by atoms with van der Waals surface area (Å²) in [5, 5.41) is 2.75. The van der Waals surface area contributed by atoms with E-state index < -0.39 is 23.9 Å². The average molecular weight is 394 g/mol. The molecule has 2 aromatic rings. The maximum atomic E-state index is 13.0. The number of fused-ring (bicyclic) bond motifs is 1. The molecule has 0 fully saturated rings. The van der Waals surface area contributed by atoms with Gasteiger partial charge in [-0.15, -0.1) is 0 Å². The highest BCUT2D eigenvalue weighted by atomic mass is 16.5. The lowest BCUT2D eigenvalue weighted by atomic mass is 9.85. The summed E-state index contributed by atoms with van der Waals surface area (Å²) in [6.07, 6.45) is -0.201. The van der Waals surface area contributed by atoms with Crippen LogP contribution in [0.4, 0.5) is 11.4 Å². The standard InChI is InChI=1S/C23H26N2O4/c1-4-15(2)21(17-10-6-5-7-11-17)23(28)29-16(3)22(27)25-14-20(26)24-18-12-8-9-13-19(18)25/h5-13,15-16,21H,4,14H2,1-3H3,(H,24,26)/t15-,16-,21+/m0/s1. The van der Waals surface area contributed by atoms with Crippen LogP contribution in [-0.4, -0.2) is 30.4 Å². The molecule has 2 amide bonds. The smallest absolute Gasteiger partial charge is 0.314 e. The zero-order chi connectivity index (χ0) is 21.0. The summed E-state index contributed by atoms with van der Waals surface area (Å²) in [5.74, 6) is -1.52. The van der Waals surface area contributed by atoms with Gasteiger partial charge in [-0.25, -0.2) is 0 Å². The molecule has 1 N–H and O–H groups in total. The molecule has 6 heteroatoms. The summed E-state index contributed by atoms with van der Waals surface area (Å²) in [7, 11) is 0. The van der Waals surface area contributed by atoms with Gasteiger partial charge in [0.1, 0.15) is 6.54 Å². The molecule has 152 valence electrons. The van der Waals surface area contributed by atoms with E-state index in [0.717, 1.165) is 12.0 Å². The first kappa shape index (κ1) is 20.6. The zero-order valence-corrected chi connectivity index (χ0v) is 16.9. The molecule has 0 spiro atoms. The molecule has 1 aliphatic heterocycles. The molecule has 2 aromatic carbocycles. The highest BCUT2D eigenvalue weighted by Crippen LogP contribution is 2.31. The highest BCUT2D eigenvalue weighted by molar-refractivity contribution is 6.11. The summed E-state index contributed by atoms with van der Waals surface area (Å²) in [5.41, 5.74) is 2.04. The van der Waals surface area contributed by atoms with Crippen molar-refractivity contribution < 1.29 is 19.1 Å². The van der Waals surface area contributed by atoms with Crippen molar-refractivity contribution in [2.24, 2.45) is 5.92 Å². The van der Waals surface area contributed by atoms with Gasteiger partial charge in [0.15, 0.2) is 6.10 Å². The summed E-state index contributed by atoms with van der Waals surface area (Å²) in [4.78, 5) is 39.4. The van der Waals surface area contributed by atoms with Crippen LogP contribution >= 0.6 is 0 Å². The molecule has 0 aromatic heterocycles. The second-order valence-electron chi connectivity index (χ2n) is 7.34. The third-order valence-corrected chi connectivity index (χ3v) is 5.30. The number of esters is 1. The number of carbonyl (C=O) groups excluding carboxylic acids is 3. The minimum Gasteiger partial charge on any atom is -0.452 e. The Balaban J connectivity index is 1.78. The van der Waals surface area contributed by atoms with E-state index in [4.69, 9.17) is 4.74 Å². The Kier molecular flexibility index (Phi) is 6.32. The molecule has 29 heavy (non-hydrogen) atoms. The molecule has 1 aliphatic rings. The molecule has 0 unspecified atom stereocenters. The van der Waals surface area contributed by atoms with Gasteiger partial charge in [-0.1, -0.05) is 62.7 Å². The molecule has 3 rings (SSSR count). The fraction of sp³-hybridized carbons (Fsp3) is 0.348. The second kappa shape index (κ2) is 8.90. The second-order valence-corrected chi connectivity index (χ2v) is 7.34. The van der Waals surface area contributed by atoms with E-state index in [-0.39, 0.29) is 18.4 Å². The van der Waals surface area contributed by atoms with Crippen LogP contribution in [0.15, 0.2) is 54.6 Å². The summed E-state index contributed by atoms with van der Waals surface area (Å²) in [6.45, 7) is 5.46. The minimum atomic E-state index is -1.00. The first-order chi connectivity index (χ1) is 13.9. The number of carbonyl (C=O) groups is 3. The third-order valence-electron chi connectivity index (χ3n) is 5.30. The Morgan fingerprint density at radius 3 is 2.41 bits per heavy atom. The predicted molar refractivity (Wildman–Crippen MR) is 112 cm³/mol. The van der Waals surface area contributed by atoms with Crippen LogP contribution < -0.4 is 10.2 Å². The molecule has 0 saturated carbocycles. The topological polar surface area (TPSA) is 75.7 Å². The van der Waals surface area contributed by atoms with Gasteiger partial charge in [0.05, 0.1) is 17.3 Å². The van der Waals surface area contributed by atoms with E-state index in [0.29, 0.717) is 11.4 Å². The normalized spacial score (nSPS) is 16.2. The van der Waals surface area contributed by atoms with Gasteiger partial charge in [0.2, 0.25) is 5.91 Å². The quantitative estimate of drug-likeness (QED) is 0.758. The van der Waals surface area contributed by atoms with Gasteiger partial charge in [-0.05, 0) is 30.5 Å². The molecule has 0 radical (unpaired) electrons. The van der Waals surface area contributed by atoms with Crippen LogP contribution in [0, 0.1) is 5.92 Å². The van der Waals surface area contributed by atoms with E-state index in [9.17, 15) is 14.4 Å². The number of para-hydroxylation sites is 2. The van der Waals surface area contributed by atoms with Crippen LogP contribution in [0.25, 0.3) is 0 Å². The Morgan fingerprint density at radius 2 is 1.72 bits per heavy atom. The average Bonchev–Trinajstić information content (AvgIpc) is 2.73. The van der Waals surface area contributed by atoms with E-state index >= 15 is 0 Å². The molecular formula is C23H26N2O4. The molecule has 0 bridgehead atoms. The van der Waals surface area contributed by atoms with Crippen molar-refractivity contribution in [1.29, 1.82) is 0 Å². The van der Waals surface area contributed by atoms with Crippen molar-refractivity contribution in [3.63, 3.8) is 0 Å². The number of anilines is 2. The number of nitrogens with zero attached hydrogens (tertiary/aromatic N) is 1. The number of benzene rings is 2. The van der Waals surface area contributed by atoms with Crippen molar-refractivity contribution in [2.45, 2.75) is 39.2 Å². The first-order valence-corrected chi connectivity index (χ1v) is 9.88. The van der Waals surface area contributed by atoms with E-state index in [1.807, 2.05) is 44.2 Å². The lowest BCUT2D eigenvalue weighted by molar-refractivity contribution is -0.156. The summed E-state index contributed by atoms with van der Waals surface area (Å²) in [6, 6.07) is 16.5. The summed E-state index contributed by atoms with van der Waals surface area (Å²) >= 11 is 0. The van der Waals surface area contributed by atoms with Crippen LogP contribution in [0.2, 0.25) is 0 Å². The van der Waals surface area contributed by atoms with Gasteiger partial charge in [-0.2, -0.15) is 0 Å². The van der Waals surface area contributed by atoms with E-state index in [1.165, 1.54) is 4.90 Å². The lowest BCUT2D eigenvalue weighted by Gasteiger charge is -2.31. The van der Waals surface area contributed by atoms with Crippen molar-refractivity contribution in [1.82, 2.24) is 0 Å². The summed E-state index contributed by atoms with van der Waals surface area (Å²) < 4.78 is 5.59. The highest BCUT2D eigenvalue weighted by Gasteiger charge is 2.34. The Bertz CT molecular complexity index is 897. The zero-order valence-electron chi connectivity index (χ0n) is 16.9. The Morgan fingerprint density at radius 1 is 1.07 bits per heavy atom. The van der Waals surface area contributed by atoms with Crippen molar-refractivity contribution in [3.8, 4) is 0 Å². The van der Waals surface area contributed by atoms with Gasteiger partial charge in [0.25, 0.3) is 5.91 Å². The van der Waals surface area contributed by atoms with Gasteiger partial charge < -0.3 is 10.1 Å². The molecular weight excluding hydrogens is 368 g/mol. The van der Waals surface area contributed by atoms with Gasteiger partial charge in [0, 0.05) is 0 Å². The molecule has 3 atom stereocenters. The van der Waals surface area contributed by atoms with Crippen LogP contribution in [0.1, 0.15) is 38.7 Å².